The van der Waals surface area contributed by atoms with E-state index in [0.29, 0.717) is 23.4 Å². The monoisotopic (exact) mass is 309 g/mol. The van der Waals surface area contributed by atoms with Crippen molar-refractivity contribution in [2.45, 2.75) is 24.9 Å². The largest absolute Gasteiger partial charge is 0.433 e. The van der Waals surface area contributed by atoms with Crippen LogP contribution >= 0.6 is 15.9 Å². The predicted molar refractivity (Wildman–Crippen MR) is 59.7 cm³/mol. The van der Waals surface area contributed by atoms with Gasteiger partial charge in [0.05, 0.1) is 0 Å². The Morgan fingerprint density at radius 2 is 1.88 bits per heavy atom. The second kappa shape index (κ2) is 4.94. The SMILES string of the molecule is FC(F)(F)c1cc(Br)cc(C2CCOCC2)n1. The van der Waals surface area contributed by atoms with Crippen molar-refractivity contribution in [3.8, 4) is 0 Å². The Bertz CT molecular complexity index is 402. The zero-order valence-corrected chi connectivity index (χ0v) is 10.5. The standard InChI is InChI=1S/C11H11BrF3NO/c12-8-5-9(7-1-3-17-4-2-7)16-10(6-8)11(13,14)15/h5-7H,1-4H2. The van der Waals surface area contributed by atoms with Gasteiger partial charge in [0.15, 0.2) is 0 Å². The molecule has 1 fully saturated rings. The molecule has 0 saturated carbocycles. The molecule has 1 aromatic heterocycles. The molecule has 0 unspecified atom stereocenters. The Morgan fingerprint density at radius 1 is 1.24 bits per heavy atom. The van der Waals surface area contributed by atoms with Crippen molar-refractivity contribution in [2.75, 3.05) is 13.2 Å². The molecule has 17 heavy (non-hydrogen) atoms. The van der Waals surface area contributed by atoms with Crippen LogP contribution in [0.4, 0.5) is 13.2 Å². The molecule has 0 amide bonds. The molecule has 0 bridgehead atoms. The van der Waals surface area contributed by atoms with Crippen molar-refractivity contribution in [3.63, 3.8) is 0 Å². The Kier molecular flexibility index (Phi) is 3.73. The predicted octanol–water partition coefficient (Wildman–Crippen LogP) is 3.76. The minimum atomic E-state index is -4.40. The fourth-order valence-corrected chi connectivity index (χ4v) is 2.32. The average molecular weight is 310 g/mol. The maximum Gasteiger partial charge on any atom is 0.433 e. The highest BCUT2D eigenvalue weighted by molar-refractivity contribution is 9.10. The highest BCUT2D eigenvalue weighted by atomic mass is 79.9. The third-order valence-corrected chi connectivity index (χ3v) is 3.20. The number of rotatable bonds is 1. The van der Waals surface area contributed by atoms with E-state index >= 15 is 0 Å². The van der Waals surface area contributed by atoms with E-state index in [-0.39, 0.29) is 5.92 Å². The van der Waals surface area contributed by atoms with Crippen LogP contribution in [-0.2, 0) is 10.9 Å². The summed E-state index contributed by atoms with van der Waals surface area (Å²) in [6.07, 6.45) is -2.95. The molecule has 0 spiro atoms. The van der Waals surface area contributed by atoms with Crippen LogP contribution in [-0.4, -0.2) is 18.2 Å². The lowest BCUT2D eigenvalue weighted by Gasteiger charge is -2.22. The first-order chi connectivity index (χ1) is 7.97. The zero-order chi connectivity index (χ0) is 12.5. The van der Waals surface area contributed by atoms with E-state index in [1.807, 2.05) is 0 Å². The first-order valence-corrected chi connectivity index (χ1v) is 6.08. The summed E-state index contributed by atoms with van der Waals surface area (Å²) in [6, 6.07) is 2.66. The van der Waals surface area contributed by atoms with E-state index in [4.69, 9.17) is 4.74 Å². The van der Waals surface area contributed by atoms with Crippen LogP contribution in [0.1, 0.15) is 30.1 Å². The average Bonchev–Trinajstić information content (AvgIpc) is 2.28. The summed E-state index contributed by atoms with van der Waals surface area (Å²) < 4.78 is 43.4. The van der Waals surface area contributed by atoms with Gasteiger partial charge in [-0.25, -0.2) is 4.98 Å². The van der Waals surface area contributed by atoms with Gasteiger partial charge in [-0.15, -0.1) is 0 Å². The van der Waals surface area contributed by atoms with E-state index < -0.39 is 11.9 Å². The maximum absolute atomic E-state index is 12.6. The molecule has 1 saturated heterocycles. The molecule has 0 N–H and O–H groups in total. The summed E-state index contributed by atoms with van der Waals surface area (Å²) in [7, 11) is 0. The van der Waals surface area contributed by atoms with E-state index in [0.717, 1.165) is 18.9 Å². The van der Waals surface area contributed by atoms with Crippen molar-refractivity contribution in [1.29, 1.82) is 0 Å². The molecule has 2 nitrogen and oxygen atoms in total. The summed E-state index contributed by atoms with van der Waals surface area (Å²) in [5.74, 6) is 0.0577. The molecular formula is C11H11BrF3NO. The van der Waals surface area contributed by atoms with Gasteiger partial charge < -0.3 is 4.74 Å². The minimum absolute atomic E-state index is 0.0577. The summed E-state index contributed by atoms with van der Waals surface area (Å²) in [6.45, 7) is 1.17. The quantitative estimate of drug-likeness (QED) is 0.788. The molecule has 1 aliphatic heterocycles. The fourth-order valence-electron chi connectivity index (χ4n) is 1.86. The van der Waals surface area contributed by atoms with Gasteiger partial charge in [-0.05, 0) is 25.0 Å². The van der Waals surface area contributed by atoms with Gasteiger partial charge >= 0.3 is 6.18 Å². The van der Waals surface area contributed by atoms with Crippen LogP contribution in [0.5, 0.6) is 0 Å². The van der Waals surface area contributed by atoms with Crippen molar-refractivity contribution in [1.82, 2.24) is 4.98 Å². The van der Waals surface area contributed by atoms with E-state index in [2.05, 4.69) is 20.9 Å². The third-order valence-electron chi connectivity index (χ3n) is 2.74. The fraction of sp³-hybridized carbons (Fsp3) is 0.545. The summed E-state index contributed by atoms with van der Waals surface area (Å²) in [5.41, 5.74) is -0.344. The van der Waals surface area contributed by atoms with Crippen LogP contribution in [0.2, 0.25) is 0 Å². The normalized spacial score (nSPS) is 18.4. The van der Waals surface area contributed by atoms with Crippen LogP contribution in [0, 0.1) is 0 Å². The topological polar surface area (TPSA) is 22.1 Å². The number of hydrogen-bond acceptors (Lipinski definition) is 2. The molecule has 94 valence electrons. The summed E-state index contributed by atoms with van der Waals surface area (Å²) >= 11 is 3.10. The van der Waals surface area contributed by atoms with Crippen LogP contribution in [0.15, 0.2) is 16.6 Å². The molecule has 0 aromatic carbocycles. The van der Waals surface area contributed by atoms with Crippen molar-refractivity contribution in [2.24, 2.45) is 0 Å². The highest BCUT2D eigenvalue weighted by Gasteiger charge is 2.33. The summed E-state index contributed by atoms with van der Waals surface area (Å²) in [5, 5.41) is 0. The van der Waals surface area contributed by atoms with Crippen LogP contribution in [0.3, 0.4) is 0 Å². The Labute approximate surface area is 105 Å². The van der Waals surface area contributed by atoms with Crippen LogP contribution < -0.4 is 0 Å². The Hall–Kier alpha value is -0.620. The number of aromatic nitrogens is 1. The van der Waals surface area contributed by atoms with Crippen molar-refractivity contribution in [3.05, 3.63) is 28.0 Å². The number of pyridine rings is 1. The van der Waals surface area contributed by atoms with Gasteiger partial charge in [0.2, 0.25) is 0 Å². The van der Waals surface area contributed by atoms with E-state index in [9.17, 15) is 13.2 Å². The summed E-state index contributed by atoms with van der Waals surface area (Å²) in [4.78, 5) is 3.72. The second-order valence-electron chi connectivity index (χ2n) is 3.98. The lowest BCUT2D eigenvalue weighted by Crippen LogP contribution is -2.17. The van der Waals surface area contributed by atoms with Gasteiger partial charge in [0.1, 0.15) is 5.69 Å². The first-order valence-electron chi connectivity index (χ1n) is 5.29. The smallest absolute Gasteiger partial charge is 0.381 e. The first kappa shape index (κ1) is 12.8. The molecular weight excluding hydrogens is 299 g/mol. The van der Waals surface area contributed by atoms with Gasteiger partial charge in [-0.1, -0.05) is 15.9 Å². The lowest BCUT2D eigenvalue weighted by molar-refractivity contribution is -0.141. The number of ether oxygens (including phenoxy) is 1. The molecule has 1 aromatic rings. The van der Waals surface area contributed by atoms with E-state index in [1.54, 1.807) is 6.07 Å². The molecule has 0 atom stereocenters. The molecule has 0 aliphatic carbocycles. The number of halogens is 4. The van der Waals surface area contributed by atoms with E-state index in [1.165, 1.54) is 0 Å². The van der Waals surface area contributed by atoms with Crippen molar-refractivity contribution >= 4 is 15.9 Å². The molecule has 1 aliphatic rings. The highest BCUT2D eigenvalue weighted by Crippen LogP contribution is 2.33. The molecule has 2 heterocycles. The Balaban J connectivity index is 2.31. The number of alkyl halides is 3. The number of hydrogen-bond donors (Lipinski definition) is 0. The number of nitrogens with zero attached hydrogens (tertiary/aromatic N) is 1. The third kappa shape index (κ3) is 3.19. The van der Waals surface area contributed by atoms with Crippen molar-refractivity contribution < 1.29 is 17.9 Å². The van der Waals surface area contributed by atoms with Gasteiger partial charge in [-0.3, -0.25) is 0 Å². The zero-order valence-electron chi connectivity index (χ0n) is 8.93. The van der Waals surface area contributed by atoms with Gasteiger partial charge in [-0.2, -0.15) is 13.2 Å². The van der Waals surface area contributed by atoms with Gasteiger partial charge in [0.25, 0.3) is 0 Å². The maximum atomic E-state index is 12.6. The lowest BCUT2D eigenvalue weighted by atomic mass is 9.96. The molecule has 6 heteroatoms. The molecule has 2 rings (SSSR count). The van der Waals surface area contributed by atoms with Gasteiger partial charge in [0, 0.05) is 29.3 Å². The second-order valence-corrected chi connectivity index (χ2v) is 4.90. The van der Waals surface area contributed by atoms with Crippen LogP contribution in [0.25, 0.3) is 0 Å². The Morgan fingerprint density at radius 3 is 2.47 bits per heavy atom. The molecule has 0 radical (unpaired) electrons. The minimum Gasteiger partial charge on any atom is -0.381 e.